The van der Waals surface area contributed by atoms with Crippen LogP contribution in [0.5, 0.6) is 5.75 Å². The van der Waals surface area contributed by atoms with Gasteiger partial charge in [-0.15, -0.1) is 0 Å². The number of nitrogens with one attached hydrogen (secondary N) is 1. The van der Waals surface area contributed by atoms with Crippen molar-refractivity contribution >= 4 is 16.7 Å². The summed E-state index contributed by atoms with van der Waals surface area (Å²) >= 11 is 0. The normalized spacial score (nSPS) is 13.2. The van der Waals surface area contributed by atoms with Gasteiger partial charge < -0.3 is 10.1 Å². The molecule has 0 radical (unpaired) electrons. The minimum Gasteiger partial charge on any atom is -0.481 e. The van der Waals surface area contributed by atoms with Gasteiger partial charge in [0.15, 0.2) is 6.10 Å². The van der Waals surface area contributed by atoms with E-state index in [9.17, 15) is 4.79 Å². The lowest BCUT2D eigenvalue weighted by Crippen LogP contribution is -2.37. The molecule has 3 aromatic carbocycles. The molecule has 0 bridgehead atoms. The van der Waals surface area contributed by atoms with Gasteiger partial charge in [0, 0.05) is 0 Å². The Labute approximate surface area is 148 Å². The number of aryl methyl sites for hydroxylation is 1. The summed E-state index contributed by atoms with van der Waals surface area (Å²) in [5.41, 5.74) is 2.28. The lowest BCUT2D eigenvalue weighted by molar-refractivity contribution is -0.127. The molecule has 1 N–H and O–H groups in total. The maximum Gasteiger partial charge on any atom is 0.261 e. The average Bonchev–Trinajstić information content (AvgIpc) is 2.62. The first-order valence-electron chi connectivity index (χ1n) is 8.55. The van der Waals surface area contributed by atoms with Crippen LogP contribution in [0, 0.1) is 6.92 Å². The molecule has 3 heteroatoms. The summed E-state index contributed by atoms with van der Waals surface area (Å²) in [7, 11) is 0. The largest absolute Gasteiger partial charge is 0.481 e. The van der Waals surface area contributed by atoms with E-state index in [2.05, 4.69) is 11.4 Å². The molecule has 1 amide bonds. The Kier molecular flexibility index (Phi) is 5.03. The van der Waals surface area contributed by atoms with Crippen LogP contribution < -0.4 is 10.1 Å². The third-order valence-electron chi connectivity index (χ3n) is 4.34. The molecular formula is C22H23NO2. The number of rotatable bonds is 5. The second-order valence-electron chi connectivity index (χ2n) is 6.41. The average molecular weight is 333 g/mol. The monoisotopic (exact) mass is 333 g/mol. The Morgan fingerprint density at radius 1 is 0.920 bits per heavy atom. The lowest BCUT2D eigenvalue weighted by atomic mass is 10.1. The predicted molar refractivity (Wildman–Crippen MR) is 102 cm³/mol. The van der Waals surface area contributed by atoms with Crippen LogP contribution >= 0.6 is 0 Å². The smallest absolute Gasteiger partial charge is 0.261 e. The molecule has 0 aliphatic heterocycles. The number of amides is 1. The van der Waals surface area contributed by atoms with Crippen LogP contribution in [0.1, 0.15) is 31.0 Å². The molecule has 25 heavy (non-hydrogen) atoms. The van der Waals surface area contributed by atoms with Gasteiger partial charge in [-0.2, -0.15) is 0 Å². The van der Waals surface area contributed by atoms with Gasteiger partial charge in [0.05, 0.1) is 6.04 Å². The fourth-order valence-corrected chi connectivity index (χ4v) is 2.77. The maximum absolute atomic E-state index is 12.4. The minimum atomic E-state index is -0.561. The molecule has 0 fully saturated rings. The summed E-state index contributed by atoms with van der Waals surface area (Å²) < 4.78 is 5.83. The van der Waals surface area contributed by atoms with Gasteiger partial charge in [-0.3, -0.25) is 4.79 Å². The van der Waals surface area contributed by atoms with Crippen molar-refractivity contribution in [1.82, 2.24) is 5.32 Å². The summed E-state index contributed by atoms with van der Waals surface area (Å²) in [6, 6.07) is 22.1. The molecule has 3 aromatic rings. The van der Waals surface area contributed by atoms with E-state index in [4.69, 9.17) is 4.74 Å². The highest BCUT2D eigenvalue weighted by Gasteiger charge is 2.17. The summed E-state index contributed by atoms with van der Waals surface area (Å²) in [6.07, 6.45) is -0.561. The van der Waals surface area contributed by atoms with Gasteiger partial charge in [0.25, 0.3) is 5.91 Å². The zero-order chi connectivity index (χ0) is 17.8. The molecule has 3 nitrogen and oxygen atoms in total. The van der Waals surface area contributed by atoms with Crippen LogP contribution in [-0.2, 0) is 4.79 Å². The van der Waals surface area contributed by atoms with E-state index >= 15 is 0 Å². The van der Waals surface area contributed by atoms with Gasteiger partial charge in [-0.25, -0.2) is 0 Å². The van der Waals surface area contributed by atoms with Crippen molar-refractivity contribution in [2.45, 2.75) is 32.9 Å². The number of ether oxygens (including phenoxy) is 1. The Balaban J connectivity index is 1.64. The van der Waals surface area contributed by atoms with Crippen LogP contribution in [0.3, 0.4) is 0 Å². The summed E-state index contributed by atoms with van der Waals surface area (Å²) in [4.78, 5) is 12.4. The molecular weight excluding hydrogens is 310 g/mol. The second-order valence-corrected chi connectivity index (χ2v) is 6.41. The third-order valence-corrected chi connectivity index (χ3v) is 4.34. The quantitative estimate of drug-likeness (QED) is 0.729. The molecule has 0 aliphatic carbocycles. The highest BCUT2D eigenvalue weighted by Crippen LogP contribution is 2.21. The number of hydrogen-bond donors (Lipinski definition) is 1. The van der Waals surface area contributed by atoms with Crippen molar-refractivity contribution in [3.05, 3.63) is 77.9 Å². The lowest BCUT2D eigenvalue weighted by Gasteiger charge is -2.19. The van der Waals surface area contributed by atoms with E-state index in [1.165, 1.54) is 5.56 Å². The highest BCUT2D eigenvalue weighted by molar-refractivity contribution is 5.84. The van der Waals surface area contributed by atoms with Crippen molar-refractivity contribution in [3.8, 4) is 5.75 Å². The Morgan fingerprint density at radius 3 is 2.32 bits per heavy atom. The summed E-state index contributed by atoms with van der Waals surface area (Å²) in [5, 5.41) is 5.26. The Bertz CT molecular complexity index is 871. The first-order chi connectivity index (χ1) is 12.0. The van der Waals surface area contributed by atoms with Gasteiger partial charge in [-0.05, 0) is 49.2 Å². The Morgan fingerprint density at radius 2 is 1.60 bits per heavy atom. The van der Waals surface area contributed by atoms with Gasteiger partial charge in [0.1, 0.15) is 5.75 Å². The van der Waals surface area contributed by atoms with Crippen LogP contribution in [0.4, 0.5) is 0 Å². The van der Waals surface area contributed by atoms with E-state index in [0.717, 1.165) is 16.3 Å². The van der Waals surface area contributed by atoms with E-state index in [1.54, 1.807) is 6.92 Å². The van der Waals surface area contributed by atoms with Crippen molar-refractivity contribution in [2.24, 2.45) is 0 Å². The molecule has 3 rings (SSSR count). The zero-order valence-corrected chi connectivity index (χ0v) is 14.8. The van der Waals surface area contributed by atoms with Gasteiger partial charge in [-0.1, -0.05) is 60.2 Å². The fraction of sp³-hybridized carbons (Fsp3) is 0.227. The highest BCUT2D eigenvalue weighted by atomic mass is 16.5. The SMILES string of the molecule is Cc1ccc(C(C)NC(=O)C(C)Oc2ccc3ccccc3c2)cc1. The molecule has 0 aromatic heterocycles. The zero-order valence-electron chi connectivity index (χ0n) is 14.8. The first-order valence-corrected chi connectivity index (χ1v) is 8.55. The number of hydrogen-bond acceptors (Lipinski definition) is 2. The third kappa shape index (κ3) is 4.18. The molecule has 2 atom stereocenters. The van der Waals surface area contributed by atoms with Crippen LogP contribution in [0.25, 0.3) is 10.8 Å². The van der Waals surface area contributed by atoms with E-state index < -0.39 is 6.10 Å². The molecule has 128 valence electrons. The summed E-state index contributed by atoms with van der Waals surface area (Å²) in [5.74, 6) is 0.575. The molecule has 0 spiro atoms. The van der Waals surface area contributed by atoms with Crippen molar-refractivity contribution in [3.63, 3.8) is 0 Å². The van der Waals surface area contributed by atoms with Crippen molar-refractivity contribution in [2.75, 3.05) is 0 Å². The van der Waals surface area contributed by atoms with Crippen LogP contribution in [0.2, 0.25) is 0 Å². The number of carbonyl (C=O) groups is 1. The number of carbonyl (C=O) groups excluding carboxylic acids is 1. The molecule has 2 unspecified atom stereocenters. The van der Waals surface area contributed by atoms with Crippen molar-refractivity contribution < 1.29 is 9.53 Å². The minimum absolute atomic E-state index is 0.0595. The first kappa shape index (κ1) is 17.0. The second kappa shape index (κ2) is 7.39. The van der Waals surface area contributed by atoms with Crippen LogP contribution in [-0.4, -0.2) is 12.0 Å². The molecule has 0 saturated carbocycles. The molecule has 0 saturated heterocycles. The van der Waals surface area contributed by atoms with Crippen LogP contribution in [0.15, 0.2) is 66.7 Å². The van der Waals surface area contributed by atoms with Gasteiger partial charge in [0.2, 0.25) is 0 Å². The number of benzene rings is 3. The Hall–Kier alpha value is -2.81. The van der Waals surface area contributed by atoms with E-state index in [-0.39, 0.29) is 11.9 Å². The van der Waals surface area contributed by atoms with E-state index in [1.807, 2.05) is 74.5 Å². The standard InChI is InChI=1S/C22H23NO2/c1-15-8-10-18(11-9-15)16(2)23-22(24)17(3)25-21-13-12-19-6-4-5-7-20(19)14-21/h4-14,16-17H,1-3H3,(H,23,24). The maximum atomic E-state index is 12.4. The predicted octanol–water partition coefficient (Wildman–Crippen LogP) is 4.79. The fourth-order valence-electron chi connectivity index (χ4n) is 2.77. The summed E-state index contributed by atoms with van der Waals surface area (Å²) in [6.45, 7) is 5.80. The van der Waals surface area contributed by atoms with E-state index in [0.29, 0.717) is 5.75 Å². The number of fused-ring (bicyclic) bond motifs is 1. The molecule has 0 heterocycles. The molecule has 0 aliphatic rings. The van der Waals surface area contributed by atoms with Gasteiger partial charge >= 0.3 is 0 Å². The van der Waals surface area contributed by atoms with Crippen molar-refractivity contribution in [1.29, 1.82) is 0 Å². The topological polar surface area (TPSA) is 38.3 Å².